The Morgan fingerprint density at radius 2 is 1.67 bits per heavy atom. The van der Waals surface area contributed by atoms with Crippen LogP contribution in [0.3, 0.4) is 0 Å². The highest BCUT2D eigenvalue weighted by Gasteiger charge is 2.49. The summed E-state index contributed by atoms with van der Waals surface area (Å²) in [5, 5.41) is 0. The van der Waals surface area contributed by atoms with Gasteiger partial charge in [0.15, 0.2) is 0 Å². The molecule has 1 aliphatic heterocycles. The molecule has 0 saturated carbocycles. The fourth-order valence-corrected chi connectivity index (χ4v) is 3.31. The summed E-state index contributed by atoms with van der Waals surface area (Å²) >= 11 is 0. The summed E-state index contributed by atoms with van der Waals surface area (Å²) in [7, 11) is -3.76. The zero-order valence-electron chi connectivity index (χ0n) is 10.2. The van der Waals surface area contributed by atoms with Gasteiger partial charge in [0.2, 0.25) is 10.0 Å². The van der Waals surface area contributed by atoms with Crippen molar-refractivity contribution in [2.45, 2.75) is 30.6 Å². The van der Waals surface area contributed by atoms with E-state index in [-0.39, 0.29) is 4.90 Å². The molecule has 2 rings (SSSR count). The average Bonchev–Trinajstić information content (AvgIpc) is 2.26. The van der Waals surface area contributed by atoms with E-state index in [1.165, 1.54) is 12.1 Å². The van der Waals surface area contributed by atoms with Gasteiger partial charge in [-0.3, -0.25) is 0 Å². The van der Waals surface area contributed by atoms with Crippen molar-refractivity contribution in [3.8, 4) is 0 Å². The molecule has 0 spiro atoms. The minimum absolute atomic E-state index is 0.0717. The molecule has 1 aliphatic rings. The normalized spacial score (nSPS) is 19.8. The molecule has 0 amide bonds. The van der Waals surface area contributed by atoms with Crippen LogP contribution < -0.4 is 0 Å². The summed E-state index contributed by atoms with van der Waals surface area (Å²) in [4.78, 5) is 0.0717. The second-order valence-corrected chi connectivity index (χ2v) is 6.79. The van der Waals surface area contributed by atoms with Crippen LogP contribution in [0.25, 0.3) is 0 Å². The lowest BCUT2D eigenvalue weighted by Crippen LogP contribution is -2.58. The number of hydrogen-bond acceptors (Lipinski definition) is 2. The first-order chi connectivity index (χ1) is 8.22. The van der Waals surface area contributed by atoms with Gasteiger partial charge < -0.3 is 0 Å². The van der Waals surface area contributed by atoms with E-state index >= 15 is 0 Å². The molecule has 0 radical (unpaired) electrons. The Labute approximate surface area is 105 Å². The van der Waals surface area contributed by atoms with Crippen molar-refractivity contribution in [1.82, 2.24) is 4.31 Å². The number of alkyl halides is 2. The Bertz CT molecular complexity index is 530. The Kier molecular flexibility index (Phi) is 3.19. The minimum atomic E-state index is -3.76. The molecule has 0 bridgehead atoms. The summed E-state index contributed by atoms with van der Waals surface area (Å²) in [6.45, 7) is 2.56. The molecule has 0 unspecified atom stereocenters. The van der Waals surface area contributed by atoms with Gasteiger partial charge >= 0.3 is 0 Å². The topological polar surface area (TPSA) is 37.4 Å². The lowest BCUT2D eigenvalue weighted by Gasteiger charge is -2.37. The highest BCUT2D eigenvalue weighted by Crippen LogP contribution is 2.32. The van der Waals surface area contributed by atoms with E-state index in [0.29, 0.717) is 5.92 Å². The molecule has 1 saturated heterocycles. The maximum atomic E-state index is 12.7. The predicted molar refractivity (Wildman–Crippen MR) is 64.2 cm³/mol. The molecule has 1 heterocycles. The SMILES string of the molecule is CC(C)c1ccc(S(=O)(=O)N2CC(F)(F)C2)cc1. The highest BCUT2D eigenvalue weighted by molar-refractivity contribution is 7.89. The first-order valence-electron chi connectivity index (χ1n) is 5.70. The minimum Gasteiger partial charge on any atom is -0.207 e. The van der Waals surface area contributed by atoms with Crippen LogP contribution in [0.1, 0.15) is 25.3 Å². The summed E-state index contributed by atoms with van der Waals surface area (Å²) < 4.78 is 50.2. The predicted octanol–water partition coefficient (Wildman–Crippen LogP) is 2.45. The van der Waals surface area contributed by atoms with Gasteiger partial charge in [0.05, 0.1) is 18.0 Å². The third-order valence-electron chi connectivity index (χ3n) is 3.00. The quantitative estimate of drug-likeness (QED) is 0.849. The fourth-order valence-electron chi connectivity index (χ4n) is 1.81. The molecule has 1 aromatic carbocycles. The zero-order chi connectivity index (χ0) is 13.6. The fraction of sp³-hybridized carbons (Fsp3) is 0.500. The van der Waals surface area contributed by atoms with E-state index in [0.717, 1.165) is 9.87 Å². The lowest BCUT2D eigenvalue weighted by atomic mass is 10.0. The molecule has 0 atom stereocenters. The van der Waals surface area contributed by atoms with Crippen molar-refractivity contribution in [1.29, 1.82) is 0 Å². The van der Waals surface area contributed by atoms with Gasteiger partial charge in [0, 0.05) is 0 Å². The summed E-state index contributed by atoms with van der Waals surface area (Å²) in [5.74, 6) is -2.58. The molecule has 100 valence electrons. The zero-order valence-corrected chi connectivity index (χ0v) is 11.0. The number of sulfonamides is 1. The highest BCUT2D eigenvalue weighted by atomic mass is 32.2. The lowest BCUT2D eigenvalue weighted by molar-refractivity contribution is -0.0945. The molecule has 1 fully saturated rings. The Balaban J connectivity index is 2.21. The standard InChI is InChI=1S/C12H15F2NO2S/c1-9(2)10-3-5-11(6-4-10)18(16,17)15-7-12(13,14)8-15/h3-6,9H,7-8H2,1-2H3. The van der Waals surface area contributed by atoms with Crippen LogP contribution in [0.15, 0.2) is 29.2 Å². The monoisotopic (exact) mass is 275 g/mol. The van der Waals surface area contributed by atoms with E-state index in [9.17, 15) is 17.2 Å². The second kappa shape index (κ2) is 4.28. The first kappa shape index (κ1) is 13.4. The van der Waals surface area contributed by atoms with Crippen LogP contribution in [0.5, 0.6) is 0 Å². The molecular formula is C12H15F2NO2S. The Morgan fingerprint density at radius 1 is 1.17 bits per heavy atom. The number of rotatable bonds is 3. The Hall–Kier alpha value is -1.01. The van der Waals surface area contributed by atoms with Gasteiger partial charge in [0.1, 0.15) is 0 Å². The molecule has 0 aliphatic carbocycles. The molecule has 0 aromatic heterocycles. The van der Waals surface area contributed by atoms with Gasteiger partial charge in [-0.15, -0.1) is 0 Å². The molecule has 0 N–H and O–H groups in total. The van der Waals surface area contributed by atoms with Gasteiger partial charge in [-0.1, -0.05) is 26.0 Å². The van der Waals surface area contributed by atoms with E-state index in [4.69, 9.17) is 0 Å². The van der Waals surface area contributed by atoms with Gasteiger partial charge in [-0.2, -0.15) is 4.31 Å². The molecule has 6 heteroatoms. The molecular weight excluding hydrogens is 260 g/mol. The summed E-state index contributed by atoms with van der Waals surface area (Å²) in [6, 6.07) is 6.38. The van der Waals surface area contributed by atoms with Crippen molar-refractivity contribution >= 4 is 10.0 Å². The largest absolute Gasteiger partial charge is 0.275 e. The van der Waals surface area contributed by atoms with Gasteiger partial charge in [-0.05, 0) is 23.6 Å². The van der Waals surface area contributed by atoms with Crippen molar-refractivity contribution in [2.75, 3.05) is 13.1 Å². The molecule has 18 heavy (non-hydrogen) atoms. The van der Waals surface area contributed by atoms with E-state index < -0.39 is 29.0 Å². The van der Waals surface area contributed by atoms with E-state index in [2.05, 4.69) is 0 Å². The van der Waals surface area contributed by atoms with Crippen molar-refractivity contribution < 1.29 is 17.2 Å². The van der Waals surface area contributed by atoms with Crippen molar-refractivity contribution in [3.63, 3.8) is 0 Å². The number of halogens is 2. The third-order valence-corrected chi connectivity index (χ3v) is 4.81. The average molecular weight is 275 g/mol. The Morgan fingerprint density at radius 3 is 2.06 bits per heavy atom. The van der Waals surface area contributed by atoms with Crippen LogP contribution in [-0.4, -0.2) is 31.7 Å². The van der Waals surface area contributed by atoms with Gasteiger partial charge in [-0.25, -0.2) is 17.2 Å². The smallest absolute Gasteiger partial charge is 0.207 e. The molecule has 1 aromatic rings. The van der Waals surface area contributed by atoms with Gasteiger partial charge in [0.25, 0.3) is 5.92 Å². The first-order valence-corrected chi connectivity index (χ1v) is 7.14. The maximum absolute atomic E-state index is 12.7. The number of hydrogen-bond donors (Lipinski definition) is 0. The maximum Gasteiger partial charge on any atom is 0.275 e. The third kappa shape index (κ3) is 2.40. The van der Waals surface area contributed by atoms with Crippen LogP contribution in [0, 0.1) is 0 Å². The van der Waals surface area contributed by atoms with Crippen LogP contribution in [-0.2, 0) is 10.0 Å². The van der Waals surface area contributed by atoms with Crippen molar-refractivity contribution in [2.24, 2.45) is 0 Å². The molecule has 3 nitrogen and oxygen atoms in total. The van der Waals surface area contributed by atoms with E-state index in [1.54, 1.807) is 12.1 Å². The number of benzene rings is 1. The van der Waals surface area contributed by atoms with Crippen molar-refractivity contribution in [3.05, 3.63) is 29.8 Å². The summed E-state index contributed by atoms with van der Waals surface area (Å²) in [6.07, 6.45) is 0. The van der Waals surface area contributed by atoms with Crippen LogP contribution in [0.2, 0.25) is 0 Å². The van der Waals surface area contributed by atoms with E-state index in [1.807, 2.05) is 13.8 Å². The second-order valence-electron chi connectivity index (χ2n) is 4.85. The number of nitrogens with zero attached hydrogens (tertiary/aromatic N) is 1. The summed E-state index contributed by atoms with van der Waals surface area (Å²) in [5.41, 5.74) is 1.02. The van der Waals surface area contributed by atoms with Crippen LogP contribution >= 0.6 is 0 Å². The van der Waals surface area contributed by atoms with Crippen LogP contribution in [0.4, 0.5) is 8.78 Å².